The lowest BCUT2D eigenvalue weighted by molar-refractivity contribution is 0.414. The van der Waals surface area contributed by atoms with E-state index in [-0.39, 0.29) is 5.38 Å². The van der Waals surface area contributed by atoms with E-state index in [9.17, 15) is 0 Å². The van der Waals surface area contributed by atoms with E-state index in [2.05, 4.69) is 0 Å². The summed E-state index contributed by atoms with van der Waals surface area (Å²) in [6.07, 6.45) is 4.33. The van der Waals surface area contributed by atoms with Crippen molar-refractivity contribution in [1.29, 1.82) is 0 Å². The molecule has 0 aliphatic heterocycles. The van der Waals surface area contributed by atoms with E-state index in [1.165, 1.54) is 19.3 Å². The lowest BCUT2D eigenvalue weighted by Gasteiger charge is -2.16. The molecule has 3 fully saturated rings. The Morgan fingerprint density at radius 3 is 2.47 bits per heavy atom. The molecule has 0 N–H and O–H groups in total. The molecule has 1 aromatic rings. The molecular weight excluding hydrogens is 279 g/mol. The normalized spacial score (nSPS) is 40.1. The maximum Gasteiger partial charge on any atom is 0.120 e. The van der Waals surface area contributed by atoms with Crippen LogP contribution >= 0.6 is 23.2 Å². The van der Waals surface area contributed by atoms with Gasteiger partial charge in [0.25, 0.3) is 0 Å². The van der Waals surface area contributed by atoms with Crippen LogP contribution in [0.4, 0.5) is 0 Å². The summed E-state index contributed by atoms with van der Waals surface area (Å²) in [6, 6.07) is 5.87. The molecule has 0 amide bonds. The van der Waals surface area contributed by atoms with Gasteiger partial charge in [-0.05, 0) is 66.5 Å². The van der Waals surface area contributed by atoms with Gasteiger partial charge < -0.3 is 4.74 Å². The molecule has 0 spiro atoms. The lowest BCUT2D eigenvalue weighted by atomic mass is 9.97. The van der Waals surface area contributed by atoms with Gasteiger partial charge >= 0.3 is 0 Å². The zero-order valence-corrected chi connectivity index (χ0v) is 12.5. The number of hydrogen-bond acceptors (Lipinski definition) is 1. The van der Waals surface area contributed by atoms with Gasteiger partial charge in [0, 0.05) is 5.02 Å². The molecule has 0 radical (unpaired) electrons. The van der Waals surface area contributed by atoms with E-state index in [1.54, 1.807) is 7.11 Å². The van der Waals surface area contributed by atoms with Crippen molar-refractivity contribution in [2.45, 2.75) is 24.6 Å². The molecule has 3 aliphatic carbocycles. The number of benzene rings is 1. The lowest BCUT2D eigenvalue weighted by Crippen LogP contribution is -2.04. The summed E-state index contributed by atoms with van der Waals surface area (Å²) >= 11 is 13.1. The van der Waals surface area contributed by atoms with Crippen molar-refractivity contribution < 1.29 is 4.74 Å². The average molecular weight is 297 g/mol. The molecule has 1 aromatic carbocycles. The van der Waals surface area contributed by atoms with Crippen molar-refractivity contribution in [3.63, 3.8) is 0 Å². The van der Waals surface area contributed by atoms with Gasteiger partial charge in [0.15, 0.2) is 0 Å². The predicted molar refractivity (Wildman–Crippen MR) is 77.9 cm³/mol. The maximum absolute atomic E-state index is 6.74. The second-order valence-electron chi connectivity index (χ2n) is 6.35. The number of halogens is 2. The van der Waals surface area contributed by atoms with Crippen LogP contribution in [-0.2, 0) is 0 Å². The highest BCUT2D eigenvalue weighted by Gasteiger charge is 2.66. The first-order valence-electron chi connectivity index (χ1n) is 7.18. The molecule has 1 nitrogen and oxygen atoms in total. The third-order valence-electron chi connectivity index (χ3n) is 5.64. The zero-order valence-electron chi connectivity index (χ0n) is 11.0. The van der Waals surface area contributed by atoms with Crippen molar-refractivity contribution in [3.05, 3.63) is 28.8 Å². The van der Waals surface area contributed by atoms with Gasteiger partial charge in [-0.15, -0.1) is 11.6 Å². The summed E-state index contributed by atoms with van der Waals surface area (Å²) in [4.78, 5) is 0. The van der Waals surface area contributed by atoms with Crippen LogP contribution in [0.15, 0.2) is 18.2 Å². The van der Waals surface area contributed by atoms with Gasteiger partial charge in [0.2, 0.25) is 0 Å². The van der Waals surface area contributed by atoms with Crippen molar-refractivity contribution >= 4 is 23.2 Å². The predicted octanol–water partition coefficient (Wildman–Crippen LogP) is 4.92. The Bertz CT molecular complexity index is 499. The first kappa shape index (κ1) is 12.3. The molecule has 19 heavy (non-hydrogen) atoms. The molecule has 3 heteroatoms. The van der Waals surface area contributed by atoms with Crippen molar-refractivity contribution in [1.82, 2.24) is 0 Å². The van der Waals surface area contributed by atoms with Gasteiger partial charge in [0.1, 0.15) is 5.75 Å². The van der Waals surface area contributed by atoms with Gasteiger partial charge in [-0.3, -0.25) is 0 Å². The second kappa shape index (κ2) is 4.30. The first-order valence-corrected chi connectivity index (χ1v) is 7.99. The number of hydrogen-bond donors (Lipinski definition) is 0. The average Bonchev–Trinajstić information content (AvgIpc) is 2.86. The van der Waals surface area contributed by atoms with E-state index >= 15 is 0 Å². The molecule has 4 rings (SSSR count). The molecule has 102 valence electrons. The highest BCUT2D eigenvalue weighted by Crippen LogP contribution is 2.73. The molecule has 3 saturated carbocycles. The first-order chi connectivity index (χ1) is 9.20. The summed E-state index contributed by atoms with van der Waals surface area (Å²) in [5.74, 6) is 5.16. The minimum atomic E-state index is 0.0804. The fourth-order valence-electron chi connectivity index (χ4n) is 4.85. The van der Waals surface area contributed by atoms with E-state index < -0.39 is 0 Å². The molecule has 3 aliphatic rings. The van der Waals surface area contributed by atoms with Crippen LogP contribution in [0.5, 0.6) is 5.75 Å². The topological polar surface area (TPSA) is 9.23 Å². The zero-order chi connectivity index (χ0) is 13.1. The largest absolute Gasteiger partial charge is 0.497 e. The van der Waals surface area contributed by atoms with Crippen LogP contribution in [0, 0.1) is 29.6 Å². The third-order valence-corrected chi connectivity index (χ3v) is 6.49. The van der Waals surface area contributed by atoms with Crippen molar-refractivity contribution in [2.24, 2.45) is 29.6 Å². The number of ether oxygens (including phenoxy) is 1. The Morgan fingerprint density at radius 2 is 1.89 bits per heavy atom. The van der Waals surface area contributed by atoms with Crippen LogP contribution in [0.2, 0.25) is 5.02 Å². The van der Waals surface area contributed by atoms with E-state index in [0.717, 1.165) is 40.0 Å². The highest BCUT2D eigenvalue weighted by atomic mass is 35.5. The van der Waals surface area contributed by atoms with Crippen LogP contribution in [0.25, 0.3) is 0 Å². The SMILES string of the molecule is COc1ccc(C(Cl)C2C3C4CCC(C4)C32)c(Cl)c1. The van der Waals surface area contributed by atoms with E-state index in [0.29, 0.717) is 5.92 Å². The third kappa shape index (κ3) is 1.74. The molecule has 5 atom stereocenters. The van der Waals surface area contributed by atoms with Crippen LogP contribution in [-0.4, -0.2) is 7.11 Å². The van der Waals surface area contributed by atoms with Gasteiger partial charge in [-0.25, -0.2) is 0 Å². The summed E-state index contributed by atoms with van der Waals surface area (Å²) in [5, 5.41) is 0.827. The quantitative estimate of drug-likeness (QED) is 0.719. The van der Waals surface area contributed by atoms with Crippen molar-refractivity contribution in [2.75, 3.05) is 7.11 Å². The number of methoxy groups -OCH3 is 1. The summed E-state index contributed by atoms with van der Waals surface area (Å²) in [5.41, 5.74) is 1.09. The molecular formula is C16H18Cl2O. The van der Waals surface area contributed by atoms with Crippen LogP contribution in [0.1, 0.15) is 30.2 Å². The van der Waals surface area contributed by atoms with Gasteiger partial charge in [-0.2, -0.15) is 0 Å². The Morgan fingerprint density at radius 1 is 1.21 bits per heavy atom. The second-order valence-corrected chi connectivity index (χ2v) is 7.23. The smallest absolute Gasteiger partial charge is 0.120 e. The molecule has 0 saturated heterocycles. The van der Waals surface area contributed by atoms with Crippen LogP contribution < -0.4 is 4.74 Å². The number of fused-ring (bicyclic) bond motifs is 5. The summed E-state index contributed by atoms with van der Waals surface area (Å²) < 4.78 is 5.20. The van der Waals surface area contributed by atoms with Gasteiger partial charge in [0.05, 0.1) is 12.5 Å². The Balaban J connectivity index is 1.57. The molecule has 0 heterocycles. The Hall–Kier alpha value is -0.400. The minimum Gasteiger partial charge on any atom is -0.497 e. The highest BCUT2D eigenvalue weighted by molar-refractivity contribution is 6.33. The Labute approximate surface area is 124 Å². The fraction of sp³-hybridized carbons (Fsp3) is 0.625. The van der Waals surface area contributed by atoms with Crippen molar-refractivity contribution in [3.8, 4) is 5.75 Å². The molecule has 2 bridgehead atoms. The van der Waals surface area contributed by atoms with E-state index in [4.69, 9.17) is 27.9 Å². The fourth-order valence-corrected chi connectivity index (χ4v) is 5.72. The minimum absolute atomic E-state index is 0.0804. The summed E-state index contributed by atoms with van der Waals surface area (Å²) in [7, 11) is 1.66. The number of rotatable bonds is 3. The Kier molecular flexibility index (Phi) is 2.79. The molecule has 0 aromatic heterocycles. The van der Waals surface area contributed by atoms with E-state index in [1.807, 2.05) is 18.2 Å². The number of alkyl halides is 1. The maximum atomic E-state index is 6.74. The molecule has 5 unspecified atom stereocenters. The summed E-state index contributed by atoms with van der Waals surface area (Å²) in [6.45, 7) is 0. The standard InChI is InChI=1S/C16H18Cl2O/c1-19-10-4-5-11(12(17)7-10)16(18)15-13-8-2-3-9(6-8)14(13)15/h4-5,7-9,13-16H,2-3,6H2,1H3. The monoisotopic (exact) mass is 296 g/mol. The van der Waals surface area contributed by atoms with Gasteiger partial charge in [-0.1, -0.05) is 17.7 Å². The van der Waals surface area contributed by atoms with Crippen LogP contribution in [0.3, 0.4) is 0 Å².